The molecule has 39 heavy (non-hydrogen) atoms. The zero-order valence-electron chi connectivity index (χ0n) is 24.3. The van der Waals surface area contributed by atoms with Crippen molar-refractivity contribution in [2.75, 3.05) is 0 Å². The van der Waals surface area contributed by atoms with E-state index in [4.69, 9.17) is 0 Å². The van der Waals surface area contributed by atoms with Gasteiger partial charge in [-0.2, -0.15) is 0 Å². The van der Waals surface area contributed by atoms with Gasteiger partial charge in [0.2, 0.25) is 0 Å². The van der Waals surface area contributed by atoms with Crippen LogP contribution < -0.4 is 0 Å². The van der Waals surface area contributed by atoms with Gasteiger partial charge in [-0.1, -0.05) is 157 Å². The first-order valence-corrected chi connectivity index (χ1v) is 14.4. The minimum atomic E-state index is -0.359. The van der Waals surface area contributed by atoms with Crippen LogP contribution in [0.3, 0.4) is 0 Å². The van der Waals surface area contributed by atoms with Gasteiger partial charge in [-0.05, 0) is 67.3 Å². The number of hydrogen-bond acceptors (Lipinski definition) is 0. The Bertz CT molecular complexity index is 1460. The molecule has 6 rings (SSSR count). The average Bonchev–Trinajstić information content (AvgIpc) is 3.57. The summed E-state index contributed by atoms with van der Waals surface area (Å²) >= 11 is 0. The molecule has 2 aliphatic carbocycles. The molecular weight excluding hydrogens is 468 g/mol. The highest BCUT2D eigenvalue weighted by Gasteiger charge is 2.50. The highest BCUT2D eigenvalue weighted by Crippen LogP contribution is 2.60. The predicted molar refractivity (Wildman–Crippen MR) is 167 cm³/mol. The minimum absolute atomic E-state index is 0.0691. The lowest BCUT2D eigenvalue weighted by Gasteiger charge is -2.43. The average molecular weight is 509 g/mol. The third kappa shape index (κ3) is 4.13. The van der Waals surface area contributed by atoms with Gasteiger partial charge in [-0.3, -0.25) is 0 Å². The monoisotopic (exact) mass is 508 g/mol. The molecular formula is C39H40. The van der Waals surface area contributed by atoms with Crippen LogP contribution >= 0.6 is 0 Å². The lowest BCUT2D eigenvalue weighted by atomic mass is 9.58. The first-order chi connectivity index (χ1) is 18.6. The summed E-state index contributed by atoms with van der Waals surface area (Å²) in [6.07, 6.45) is 8.15. The van der Waals surface area contributed by atoms with E-state index in [1.54, 1.807) is 0 Å². The van der Waals surface area contributed by atoms with Gasteiger partial charge in [-0.15, -0.1) is 0 Å². The number of allylic oxidation sites excluding steroid dienone is 4. The fraction of sp³-hybridized carbons (Fsp3) is 0.282. The first kappa shape index (κ1) is 25.6. The molecule has 196 valence electrons. The highest BCUT2D eigenvalue weighted by atomic mass is 14.5. The molecule has 0 aliphatic heterocycles. The van der Waals surface area contributed by atoms with Gasteiger partial charge in [0.1, 0.15) is 0 Å². The van der Waals surface area contributed by atoms with Crippen LogP contribution in [0.1, 0.15) is 87.3 Å². The number of benzene rings is 4. The molecule has 0 heteroatoms. The topological polar surface area (TPSA) is 0 Å². The molecule has 0 amide bonds. The molecule has 0 heterocycles. The van der Waals surface area contributed by atoms with Crippen molar-refractivity contribution in [1.82, 2.24) is 0 Å². The van der Waals surface area contributed by atoms with Crippen LogP contribution in [0.2, 0.25) is 0 Å². The maximum Gasteiger partial charge on any atom is 0.0557 e. The third-order valence-electron chi connectivity index (χ3n) is 8.87. The predicted octanol–water partition coefficient (Wildman–Crippen LogP) is 10.3. The van der Waals surface area contributed by atoms with E-state index >= 15 is 0 Å². The van der Waals surface area contributed by atoms with Crippen molar-refractivity contribution in [3.63, 3.8) is 0 Å². The quantitative estimate of drug-likeness (QED) is 0.257. The molecule has 0 radical (unpaired) electrons. The Kier molecular flexibility index (Phi) is 6.07. The van der Waals surface area contributed by atoms with E-state index in [0.29, 0.717) is 0 Å². The summed E-state index contributed by atoms with van der Waals surface area (Å²) in [5, 5.41) is 0. The SMILES string of the molecule is CC(C)(C)c1ccc2c(c1)C(C(C1=CCC=C1)(c1ccccc1)c1ccccc1)c1cc(C(C)(C)C)ccc1-2. The molecule has 0 saturated carbocycles. The summed E-state index contributed by atoms with van der Waals surface area (Å²) in [6.45, 7) is 14.0. The molecule has 0 unspecified atom stereocenters. The van der Waals surface area contributed by atoms with Gasteiger partial charge in [-0.25, -0.2) is 0 Å². The minimum Gasteiger partial charge on any atom is -0.0804 e. The Balaban J connectivity index is 1.77. The fourth-order valence-corrected chi connectivity index (χ4v) is 6.81. The molecule has 2 aliphatic rings. The molecule has 0 nitrogen and oxygen atoms in total. The van der Waals surface area contributed by atoms with Gasteiger partial charge < -0.3 is 0 Å². The van der Waals surface area contributed by atoms with Gasteiger partial charge in [0, 0.05) is 5.92 Å². The van der Waals surface area contributed by atoms with Crippen LogP contribution in [0.15, 0.2) is 121 Å². The fourth-order valence-electron chi connectivity index (χ4n) is 6.81. The Morgan fingerprint density at radius 1 is 0.538 bits per heavy atom. The maximum atomic E-state index is 2.52. The number of rotatable bonds is 4. The molecule has 0 bridgehead atoms. The lowest BCUT2D eigenvalue weighted by molar-refractivity contribution is 0.537. The summed E-state index contributed by atoms with van der Waals surface area (Å²) in [7, 11) is 0. The molecule has 0 saturated heterocycles. The van der Waals surface area contributed by atoms with Crippen molar-refractivity contribution in [3.05, 3.63) is 154 Å². The molecule has 0 aromatic heterocycles. The molecule has 4 aromatic carbocycles. The van der Waals surface area contributed by atoms with Crippen molar-refractivity contribution < 1.29 is 0 Å². The van der Waals surface area contributed by atoms with Crippen LogP contribution in [0, 0.1) is 0 Å². The van der Waals surface area contributed by atoms with Crippen LogP contribution in [0.4, 0.5) is 0 Å². The van der Waals surface area contributed by atoms with E-state index < -0.39 is 0 Å². The van der Waals surface area contributed by atoms with Crippen molar-refractivity contribution in [3.8, 4) is 11.1 Å². The molecule has 0 N–H and O–H groups in total. The van der Waals surface area contributed by atoms with Gasteiger partial charge in [0.15, 0.2) is 0 Å². The summed E-state index contributed by atoms with van der Waals surface area (Å²) in [4.78, 5) is 0. The summed E-state index contributed by atoms with van der Waals surface area (Å²) in [5.74, 6) is 0.144. The maximum absolute atomic E-state index is 2.52. The zero-order chi connectivity index (χ0) is 27.4. The van der Waals surface area contributed by atoms with Crippen LogP contribution in [0.25, 0.3) is 11.1 Å². The number of hydrogen-bond donors (Lipinski definition) is 0. The Labute approximate surface area is 235 Å². The van der Waals surface area contributed by atoms with Crippen molar-refractivity contribution in [2.45, 2.75) is 70.1 Å². The summed E-state index contributed by atoms with van der Waals surface area (Å²) in [6, 6.07) is 37.0. The Morgan fingerprint density at radius 2 is 1.00 bits per heavy atom. The van der Waals surface area contributed by atoms with Gasteiger partial charge >= 0.3 is 0 Å². The van der Waals surface area contributed by atoms with E-state index in [0.717, 1.165) is 6.42 Å². The van der Waals surface area contributed by atoms with Gasteiger partial charge in [0.05, 0.1) is 5.41 Å². The van der Waals surface area contributed by atoms with Crippen molar-refractivity contribution >= 4 is 0 Å². The second-order valence-corrected chi connectivity index (χ2v) is 13.4. The molecule has 0 fully saturated rings. The van der Waals surface area contributed by atoms with Crippen LogP contribution in [-0.2, 0) is 16.2 Å². The first-order valence-electron chi connectivity index (χ1n) is 14.4. The molecule has 0 atom stereocenters. The van der Waals surface area contributed by atoms with E-state index in [1.165, 1.54) is 50.1 Å². The summed E-state index contributed by atoms with van der Waals surface area (Å²) in [5.41, 5.74) is 12.3. The highest BCUT2D eigenvalue weighted by molar-refractivity contribution is 5.83. The Hall–Kier alpha value is -3.64. The standard InChI is InChI=1S/C39H40/c1-37(2,3)30-21-23-32-33-24-22-31(38(4,5)6)26-35(33)36(34(32)25-30)39(29-19-13-14-20-29,27-15-9-7-10-16-27)28-17-11-8-12-18-28/h7-13,15-26,36H,14H2,1-6H3. The normalized spacial score (nSPS) is 15.3. The number of fused-ring (bicyclic) bond motifs is 3. The molecule has 4 aromatic rings. The van der Waals surface area contributed by atoms with E-state index in [2.05, 4.69) is 157 Å². The van der Waals surface area contributed by atoms with E-state index in [1.807, 2.05) is 0 Å². The smallest absolute Gasteiger partial charge is 0.0557 e. The van der Waals surface area contributed by atoms with E-state index in [9.17, 15) is 0 Å². The van der Waals surface area contributed by atoms with Crippen LogP contribution in [-0.4, -0.2) is 0 Å². The molecule has 0 spiro atoms. The summed E-state index contributed by atoms with van der Waals surface area (Å²) < 4.78 is 0. The lowest BCUT2D eigenvalue weighted by Crippen LogP contribution is -2.37. The van der Waals surface area contributed by atoms with Crippen molar-refractivity contribution in [2.24, 2.45) is 0 Å². The van der Waals surface area contributed by atoms with Crippen molar-refractivity contribution in [1.29, 1.82) is 0 Å². The third-order valence-corrected chi connectivity index (χ3v) is 8.87. The Morgan fingerprint density at radius 3 is 1.38 bits per heavy atom. The van der Waals surface area contributed by atoms with Crippen LogP contribution in [0.5, 0.6) is 0 Å². The zero-order valence-corrected chi connectivity index (χ0v) is 24.3. The second kappa shape index (κ2) is 9.23. The second-order valence-electron chi connectivity index (χ2n) is 13.4. The van der Waals surface area contributed by atoms with Gasteiger partial charge in [0.25, 0.3) is 0 Å². The largest absolute Gasteiger partial charge is 0.0804 e. The van der Waals surface area contributed by atoms with E-state index in [-0.39, 0.29) is 22.2 Å².